The van der Waals surface area contributed by atoms with Gasteiger partial charge in [0.15, 0.2) is 11.5 Å². The Labute approximate surface area is 200 Å². The number of aromatic hydroxyl groups is 1. The average Bonchev–Trinajstić information content (AvgIpc) is 2.80. The van der Waals surface area contributed by atoms with Gasteiger partial charge in [-0.15, -0.1) is 0 Å². The normalized spacial score (nSPS) is 12.6. The van der Waals surface area contributed by atoms with Crippen LogP contribution in [-0.4, -0.2) is 83.4 Å². The van der Waals surface area contributed by atoms with Crippen molar-refractivity contribution in [3.05, 3.63) is 23.8 Å². The second-order valence-corrected chi connectivity index (χ2v) is 8.00. The Bertz CT molecular complexity index is 882. The maximum atomic E-state index is 12.3. The highest BCUT2D eigenvalue weighted by atomic mass is 32.2. The summed E-state index contributed by atoms with van der Waals surface area (Å²) in [5.41, 5.74) is 6.08. The highest BCUT2D eigenvalue weighted by Crippen LogP contribution is 2.37. The maximum Gasteiger partial charge on any atom is 0.322 e. The number of amides is 2. The van der Waals surface area contributed by atoms with E-state index in [4.69, 9.17) is 25.4 Å². The number of thioether (sulfide) groups is 1. The first-order valence-corrected chi connectivity index (χ1v) is 11.2. The second-order valence-electron chi connectivity index (χ2n) is 6.93. The molecule has 2 atom stereocenters. The summed E-state index contributed by atoms with van der Waals surface area (Å²) in [4.78, 5) is 45.9. The van der Waals surface area contributed by atoms with Crippen LogP contribution in [0.5, 0.6) is 17.2 Å². The molecule has 7 N–H and O–H groups in total. The van der Waals surface area contributed by atoms with Crippen LogP contribution < -0.4 is 25.8 Å². The summed E-state index contributed by atoms with van der Waals surface area (Å²) in [5.74, 6) is -2.79. The van der Waals surface area contributed by atoms with E-state index < -0.39 is 42.4 Å². The first kappa shape index (κ1) is 28.6. The van der Waals surface area contributed by atoms with Crippen LogP contribution in [0.25, 0.3) is 6.08 Å². The molecule has 0 saturated carbocycles. The third-order valence-electron chi connectivity index (χ3n) is 4.38. The Balaban J connectivity index is 2.71. The smallest absolute Gasteiger partial charge is 0.322 e. The minimum atomic E-state index is -1.24. The van der Waals surface area contributed by atoms with E-state index in [-0.39, 0.29) is 35.8 Å². The van der Waals surface area contributed by atoms with Crippen LogP contribution in [0.3, 0.4) is 0 Å². The van der Waals surface area contributed by atoms with Crippen molar-refractivity contribution < 1.29 is 44.0 Å². The Morgan fingerprint density at radius 2 is 1.76 bits per heavy atom. The molecule has 0 aliphatic heterocycles. The molecule has 13 heteroatoms. The number of carbonyl (C=O) groups is 4. The lowest BCUT2D eigenvalue weighted by molar-refractivity contribution is -0.139. The summed E-state index contributed by atoms with van der Waals surface area (Å²) in [5, 5.41) is 32.2. The molecular formula is C21H29N3O9S. The molecule has 2 amide bonds. The number of aliphatic carboxylic acids is 2. The van der Waals surface area contributed by atoms with Gasteiger partial charge in [0.25, 0.3) is 0 Å². The van der Waals surface area contributed by atoms with Gasteiger partial charge >= 0.3 is 11.9 Å². The molecule has 0 spiro atoms. The van der Waals surface area contributed by atoms with E-state index in [1.807, 2.05) is 0 Å². The molecule has 0 heterocycles. The Hall–Kier alpha value is -3.45. The molecule has 0 unspecified atom stereocenters. The standard InChI is InChI=1S/C21H29N3O9S/c1-32-15-8-12(9-16(33-2)19(15)28)4-3-7-34-11-14(20(29)23-10-18(26)27)24-17(25)6-5-13(22)21(30)31/h3-4,8-9,13-14,28H,5-7,10-11,22H2,1-2H3,(H,23,29)(H,24,25)(H,26,27)(H,30,31)/t13-,14-/m0/s1. The van der Waals surface area contributed by atoms with Gasteiger partial charge in [-0.2, -0.15) is 11.8 Å². The van der Waals surface area contributed by atoms with Crippen LogP contribution in [0.4, 0.5) is 0 Å². The minimum Gasteiger partial charge on any atom is -0.502 e. The molecule has 1 aromatic rings. The third-order valence-corrected chi connectivity index (χ3v) is 5.37. The fraction of sp³-hybridized carbons (Fsp3) is 0.429. The van der Waals surface area contributed by atoms with Crippen LogP contribution in [0.1, 0.15) is 18.4 Å². The molecule has 188 valence electrons. The predicted molar refractivity (Wildman–Crippen MR) is 125 cm³/mol. The number of rotatable bonds is 15. The Morgan fingerprint density at radius 3 is 2.29 bits per heavy atom. The number of phenols is 1. The predicted octanol–water partition coefficient (Wildman–Crippen LogP) is 0.0335. The molecule has 1 aromatic carbocycles. The van der Waals surface area contributed by atoms with Crippen molar-refractivity contribution in [2.75, 3.05) is 32.3 Å². The van der Waals surface area contributed by atoms with Gasteiger partial charge in [0.1, 0.15) is 18.6 Å². The van der Waals surface area contributed by atoms with Gasteiger partial charge in [0.05, 0.1) is 14.2 Å². The zero-order chi connectivity index (χ0) is 25.7. The van der Waals surface area contributed by atoms with Gasteiger partial charge < -0.3 is 41.2 Å². The highest BCUT2D eigenvalue weighted by molar-refractivity contribution is 7.99. The molecule has 0 aliphatic rings. The van der Waals surface area contributed by atoms with Gasteiger partial charge in [-0.1, -0.05) is 12.2 Å². The van der Waals surface area contributed by atoms with Crippen molar-refractivity contribution >= 4 is 41.6 Å². The van der Waals surface area contributed by atoms with Crippen LogP contribution >= 0.6 is 11.8 Å². The number of hydrogen-bond donors (Lipinski definition) is 6. The van der Waals surface area contributed by atoms with Gasteiger partial charge in [0, 0.05) is 17.9 Å². The molecule has 1 rings (SSSR count). The topological polar surface area (TPSA) is 198 Å². The molecule has 34 heavy (non-hydrogen) atoms. The fourth-order valence-electron chi connectivity index (χ4n) is 2.59. The van der Waals surface area contributed by atoms with Gasteiger partial charge in [-0.05, 0) is 24.1 Å². The molecule has 0 aliphatic carbocycles. The number of carboxylic acid groups (broad SMARTS) is 2. The zero-order valence-corrected chi connectivity index (χ0v) is 19.6. The quantitative estimate of drug-likeness (QED) is 0.178. The van der Waals surface area contributed by atoms with Gasteiger partial charge in [-0.3, -0.25) is 19.2 Å². The van der Waals surface area contributed by atoms with E-state index in [1.165, 1.54) is 26.0 Å². The first-order valence-electron chi connectivity index (χ1n) is 10.1. The molecule has 12 nitrogen and oxygen atoms in total. The number of phenolic OH excluding ortho intramolecular Hbond substituents is 1. The molecule has 0 radical (unpaired) electrons. The maximum absolute atomic E-state index is 12.3. The zero-order valence-electron chi connectivity index (χ0n) is 18.8. The third kappa shape index (κ3) is 10.0. The molecule has 0 bridgehead atoms. The number of carbonyl (C=O) groups excluding carboxylic acids is 2. The molecular weight excluding hydrogens is 470 g/mol. The number of hydrogen-bond acceptors (Lipinski definition) is 9. The lowest BCUT2D eigenvalue weighted by atomic mass is 10.1. The fourth-order valence-corrected chi connectivity index (χ4v) is 3.43. The number of benzene rings is 1. The number of nitrogens with one attached hydrogen (secondary N) is 2. The Morgan fingerprint density at radius 1 is 1.15 bits per heavy atom. The minimum absolute atomic E-state index is 0.111. The van der Waals surface area contributed by atoms with E-state index in [0.717, 1.165) is 0 Å². The van der Waals surface area contributed by atoms with E-state index in [9.17, 15) is 24.3 Å². The monoisotopic (exact) mass is 499 g/mol. The van der Waals surface area contributed by atoms with Gasteiger partial charge in [-0.25, -0.2) is 0 Å². The number of methoxy groups -OCH3 is 2. The SMILES string of the molecule is COc1cc(C=CCSC[C@H](NC(=O)CC[C@H](N)C(=O)O)C(=O)NCC(=O)O)cc(OC)c1O. The largest absolute Gasteiger partial charge is 0.502 e. The van der Waals surface area contributed by atoms with Crippen molar-refractivity contribution in [2.24, 2.45) is 5.73 Å². The number of nitrogens with two attached hydrogens (primary N) is 1. The number of carboxylic acids is 2. The Kier molecular flexibility index (Phi) is 12.3. The van der Waals surface area contributed by atoms with Crippen molar-refractivity contribution in [3.63, 3.8) is 0 Å². The highest BCUT2D eigenvalue weighted by Gasteiger charge is 2.22. The molecule has 0 fully saturated rings. The van der Waals surface area contributed by atoms with Crippen molar-refractivity contribution in [1.82, 2.24) is 10.6 Å². The lowest BCUT2D eigenvalue weighted by Gasteiger charge is -2.18. The van der Waals surface area contributed by atoms with E-state index in [1.54, 1.807) is 24.3 Å². The van der Waals surface area contributed by atoms with Crippen LogP contribution in [0, 0.1) is 0 Å². The summed E-state index contributed by atoms with van der Waals surface area (Å²) in [6.07, 6.45) is 3.23. The summed E-state index contributed by atoms with van der Waals surface area (Å²) in [6, 6.07) is 0.994. The number of ether oxygens (including phenoxy) is 2. The van der Waals surface area contributed by atoms with Crippen LogP contribution in [-0.2, 0) is 19.2 Å². The van der Waals surface area contributed by atoms with E-state index in [0.29, 0.717) is 11.3 Å². The van der Waals surface area contributed by atoms with Crippen LogP contribution in [0.15, 0.2) is 18.2 Å². The summed E-state index contributed by atoms with van der Waals surface area (Å²) >= 11 is 1.30. The summed E-state index contributed by atoms with van der Waals surface area (Å²) in [6.45, 7) is -0.607. The van der Waals surface area contributed by atoms with Crippen molar-refractivity contribution in [1.29, 1.82) is 0 Å². The van der Waals surface area contributed by atoms with Crippen molar-refractivity contribution in [3.8, 4) is 17.2 Å². The average molecular weight is 500 g/mol. The second kappa shape index (κ2) is 14.6. The molecule has 0 aromatic heterocycles. The first-order chi connectivity index (χ1) is 16.1. The van der Waals surface area contributed by atoms with Crippen molar-refractivity contribution in [2.45, 2.75) is 24.9 Å². The van der Waals surface area contributed by atoms with E-state index >= 15 is 0 Å². The molecule has 0 saturated heterocycles. The van der Waals surface area contributed by atoms with E-state index in [2.05, 4.69) is 10.6 Å². The van der Waals surface area contributed by atoms with Crippen LogP contribution in [0.2, 0.25) is 0 Å². The lowest BCUT2D eigenvalue weighted by Crippen LogP contribution is -2.49. The summed E-state index contributed by atoms with van der Waals surface area (Å²) in [7, 11) is 2.83. The van der Waals surface area contributed by atoms with Gasteiger partial charge in [0.2, 0.25) is 17.6 Å². The summed E-state index contributed by atoms with van der Waals surface area (Å²) < 4.78 is 10.2.